The minimum Gasteiger partial charge on any atom is -0.312 e. The summed E-state index contributed by atoms with van der Waals surface area (Å²) in [6.07, 6.45) is 7.97. The van der Waals surface area contributed by atoms with Crippen LogP contribution < -0.4 is 5.32 Å². The highest BCUT2D eigenvalue weighted by Crippen LogP contribution is 2.36. The van der Waals surface area contributed by atoms with Crippen molar-refractivity contribution in [3.05, 3.63) is 0 Å². The van der Waals surface area contributed by atoms with Gasteiger partial charge in [0, 0.05) is 18.1 Å². The summed E-state index contributed by atoms with van der Waals surface area (Å²) in [6.45, 7) is 10.5. The molecule has 0 spiro atoms. The van der Waals surface area contributed by atoms with E-state index in [0.29, 0.717) is 12.1 Å². The Bertz CT molecular complexity index is 213. The smallest absolute Gasteiger partial charge is 0.0246 e. The van der Waals surface area contributed by atoms with E-state index < -0.39 is 0 Å². The van der Waals surface area contributed by atoms with Crippen LogP contribution in [0.15, 0.2) is 0 Å². The van der Waals surface area contributed by atoms with Gasteiger partial charge >= 0.3 is 0 Å². The number of hydrogen-bond donors (Lipinski definition) is 1. The third-order valence-electron chi connectivity index (χ3n) is 4.61. The molecule has 0 heterocycles. The molecule has 0 bridgehead atoms. The van der Waals surface area contributed by atoms with Gasteiger partial charge in [0.1, 0.15) is 0 Å². The van der Waals surface area contributed by atoms with Gasteiger partial charge in [-0.25, -0.2) is 0 Å². The van der Waals surface area contributed by atoms with Crippen LogP contribution in [0, 0.1) is 5.92 Å². The Balaban J connectivity index is 2.57. The standard InChI is InChI=1S/C16H34N2/c1-6-9-15(17-12-7-2)16(8-3)18(5)13(4)14-10-11-14/h13-17H,6-12H2,1-5H3. The fourth-order valence-corrected chi connectivity index (χ4v) is 3.14. The molecule has 3 unspecified atom stereocenters. The third-order valence-corrected chi connectivity index (χ3v) is 4.61. The lowest BCUT2D eigenvalue weighted by atomic mass is 9.97. The highest BCUT2D eigenvalue weighted by molar-refractivity contribution is 4.90. The predicted octanol–water partition coefficient (Wildman–Crippen LogP) is 3.66. The molecular formula is C16H34N2. The minimum atomic E-state index is 0.672. The Hall–Kier alpha value is -0.0800. The topological polar surface area (TPSA) is 15.3 Å². The molecule has 18 heavy (non-hydrogen) atoms. The molecule has 0 saturated heterocycles. The Morgan fingerprint density at radius 3 is 2.28 bits per heavy atom. The van der Waals surface area contributed by atoms with E-state index in [-0.39, 0.29) is 0 Å². The van der Waals surface area contributed by atoms with Crippen molar-refractivity contribution in [2.24, 2.45) is 5.92 Å². The van der Waals surface area contributed by atoms with Gasteiger partial charge in [0.05, 0.1) is 0 Å². The second-order valence-corrected chi connectivity index (χ2v) is 6.07. The maximum Gasteiger partial charge on any atom is 0.0246 e. The summed E-state index contributed by atoms with van der Waals surface area (Å²) in [6, 6.07) is 2.14. The van der Waals surface area contributed by atoms with Gasteiger partial charge in [-0.1, -0.05) is 27.2 Å². The predicted molar refractivity (Wildman–Crippen MR) is 81.0 cm³/mol. The van der Waals surface area contributed by atoms with Gasteiger partial charge in [-0.15, -0.1) is 0 Å². The maximum absolute atomic E-state index is 3.77. The average molecular weight is 254 g/mol. The van der Waals surface area contributed by atoms with Crippen LogP contribution in [-0.4, -0.2) is 36.6 Å². The Morgan fingerprint density at radius 1 is 1.17 bits per heavy atom. The second kappa shape index (κ2) is 8.16. The number of nitrogens with zero attached hydrogens (tertiary/aromatic N) is 1. The van der Waals surface area contributed by atoms with Crippen molar-refractivity contribution in [2.45, 2.75) is 84.3 Å². The van der Waals surface area contributed by atoms with Crippen LogP contribution in [0.4, 0.5) is 0 Å². The first-order valence-corrected chi connectivity index (χ1v) is 8.10. The molecule has 0 aromatic rings. The summed E-state index contributed by atoms with van der Waals surface area (Å²) >= 11 is 0. The zero-order valence-electron chi connectivity index (χ0n) is 13.2. The van der Waals surface area contributed by atoms with Crippen molar-refractivity contribution in [3.63, 3.8) is 0 Å². The molecule has 108 valence electrons. The van der Waals surface area contributed by atoms with E-state index in [1.807, 2.05) is 0 Å². The number of hydrogen-bond acceptors (Lipinski definition) is 2. The lowest BCUT2D eigenvalue weighted by molar-refractivity contribution is 0.124. The van der Waals surface area contributed by atoms with E-state index in [4.69, 9.17) is 0 Å². The van der Waals surface area contributed by atoms with Crippen molar-refractivity contribution in [1.29, 1.82) is 0 Å². The van der Waals surface area contributed by atoms with Crippen LogP contribution >= 0.6 is 0 Å². The van der Waals surface area contributed by atoms with E-state index in [1.165, 1.54) is 38.5 Å². The quantitative estimate of drug-likeness (QED) is 0.640. The first kappa shape index (κ1) is 16.0. The molecule has 0 radical (unpaired) electrons. The average Bonchev–Trinajstić information content (AvgIpc) is 3.19. The summed E-state index contributed by atoms with van der Waals surface area (Å²) < 4.78 is 0. The van der Waals surface area contributed by atoms with E-state index in [1.54, 1.807) is 0 Å². The third kappa shape index (κ3) is 4.55. The maximum atomic E-state index is 3.77. The molecule has 1 aliphatic carbocycles. The van der Waals surface area contributed by atoms with Crippen LogP contribution in [0.2, 0.25) is 0 Å². The van der Waals surface area contributed by atoms with Crippen molar-refractivity contribution in [3.8, 4) is 0 Å². The molecule has 2 nitrogen and oxygen atoms in total. The zero-order valence-corrected chi connectivity index (χ0v) is 13.2. The second-order valence-electron chi connectivity index (χ2n) is 6.07. The summed E-state index contributed by atoms with van der Waals surface area (Å²) in [4.78, 5) is 2.65. The lowest BCUT2D eigenvalue weighted by Gasteiger charge is -2.38. The molecule has 0 aromatic heterocycles. The summed E-state index contributed by atoms with van der Waals surface area (Å²) in [5, 5.41) is 3.77. The van der Waals surface area contributed by atoms with Crippen LogP contribution in [-0.2, 0) is 0 Å². The molecule has 0 aromatic carbocycles. The first-order chi connectivity index (χ1) is 8.65. The van der Waals surface area contributed by atoms with Crippen LogP contribution in [0.1, 0.15) is 66.2 Å². The van der Waals surface area contributed by atoms with Gasteiger partial charge < -0.3 is 5.32 Å². The Kier molecular flexibility index (Phi) is 7.25. The van der Waals surface area contributed by atoms with Gasteiger partial charge in [-0.3, -0.25) is 4.90 Å². The molecule has 1 N–H and O–H groups in total. The van der Waals surface area contributed by atoms with Gasteiger partial charge in [-0.2, -0.15) is 0 Å². The minimum absolute atomic E-state index is 0.672. The van der Waals surface area contributed by atoms with Crippen LogP contribution in [0.25, 0.3) is 0 Å². The van der Waals surface area contributed by atoms with E-state index >= 15 is 0 Å². The Morgan fingerprint density at radius 2 is 1.83 bits per heavy atom. The SMILES string of the molecule is CCCNC(CCC)C(CC)N(C)C(C)C1CC1. The Labute approximate surface area is 115 Å². The first-order valence-electron chi connectivity index (χ1n) is 8.10. The molecule has 0 aliphatic heterocycles. The molecule has 0 amide bonds. The van der Waals surface area contributed by atoms with Crippen molar-refractivity contribution in [2.75, 3.05) is 13.6 Å². The van der Waals surface area contributed by atoms with Gasteiger partial charge in [0.25, 0.3) is 0 Å². The zero-order chi connectivity index (χ0) is 13.5. The largest absolute Gasteiger partial charge is 0.312 e. The molecule has 1 rings (SSSR count). The molecule has 2 heteroatoms. The van der Waals surface area contributed by atoms with E-state index in [2.05, 4.69) is 45.0 Å². The summed E-state index contributed by atoms with van der Waals surface area (Å²) in [5.74, 6) is 0.970. The summed E-state index contributed by atoms with van der Waals surface area (Å²) in [7, 11) is 2.34. The lowest BCUT2D eigenvalue weighted by Crippen LogP contribution is -2.51. The molecule has 3 atom stereocenters. The number of nitrogens with one attached hydrogen (secondary N) is 1. The number of likely N-dealkylation sites (N-methyl/N-ethyl adjacent to an activating group) is 1. The highest BCUT2D eigenvalue weighted by Gasteiger charge is 2.34. The monoisotopic (exact) mass is 254 g/mol. The number of rotatable bonds is 10. The summed E-state index contributed by atoms with van der Waals surface area (Å²) in [5.41, 5.74) is 0. The normalized spacial score (nSPS) is 21.0. The van der Waals surface area contributed by atoms with Crippen molar-refractivity contribution < 1.29 is 0 Å². The molecular weight excluding hydrogens is 220 g/mol. The van der Waals surface area contributed by atoms with Crippen LogP contribution in [0.5, 0.6) is 0 Å². The molecule has 1 fully saturated rings. The van der Waals surface area contributed by atoms with Crippen molar-refractivity contribution in [1.82, 2.24) is 10.2 Å². The molecule has 1 aliphatic rings. The fourth-order valence-electron chi connectivity index (χ4n) is 3.14. The van der Waals surface area contributed by atoms with Gasteiger partial charge in [0.15, 0.2) is 0 Å². The van der Waals surface area contributed by atoms with Gasteiger partial charge in [-0.05, 0) is 58.5 Å². The fraction of sp³-hybridized carbons (Fsp3) is 1.00. The van der Waals surface area contributed by atoms with E-state index in [0.717, 1.165) is 18.5 Å². The van der Waals surface area contributed by atoms with Gasteiger partial charge in [0.2, 0.25) is 0 Å². The van der Waals surface area contributed by atoms with Crippen molar-refractivity contribution >= 4 is 0 Å². The van der Waals surface area contributed by atoms with Crippen LogP contribution in [0.3, 0.4) is 0 Å². The molecule has 1 saturated carbocycles. The van der Waals surface area contributed by atoms with E-state index in [9.17, 15) is 0 Å². The highest BCUT2D eigenvalue weighted by atomic mass is 15.2.